The molecule has 0 aliphatic rings. The van der Waals surface area contributed by atoms with E-state index in [9.17, 15) is 10.1 Å². The van der Waals surface area contributed by atoms with Gasteiger partial charge in [0.1, 0.15) is 24.0 Å². The van der Waals surface area contributed by atoms with Gasteiger partial charge in [-0.25, -0.2) is 0 Å². The van der Waals surface area contributed by atoms with Gasteiger partial charge in [0.15, 0.2) is 0 Å². The number of carbonyl (C=O) groups excluding carboxylic acids is 1. The molecule has 0 saturated carbocycles. The van der Waals surface area contributed by atoms with Crippen LogP contribution in [0.4, 0.5) is 5.69 Å². The van der Waals surface area contributed by atoms with E-state index in [0.29, 0.717) is 17.3 Å². The minimum atomic E-state index is -0.486. The van der Waals surface area contributed by atoms with E-state index in [1.807, 2.05) is 25.1 Å². The summed E-state index contributed by atoms with van der Waals surface area (Å²) in [7, 11) is 0. The van der Waals surface area contributed by atoms with E-state index < -0.39 is 5.91 Å². The summed E-state index contributed by atoms with van der Waals surface area (Å²) in [4.78, 5) is 12.5. The van der Waals surface area contributed by atoms with Crippen LogP contribution in [0, 0.1) is 25.4 Å². The van der Waals surface area contributed by atoms with Crippen LogP contribution >= 0.6 is 56.8 Å². The first kappa shape index (κ1) is 21.7. The number of hydrogen-bond acceptors (Lipinski definition) is 3. The average Bonchev–Trinajstić information content (AvgIpc) is 2.62. The highest BCUT2D eigenvalue weighted by Gasteiger charge is 2.13. The Kier molecular flexibility index (Phi) is 8.13. The molecule has 1 amide bonds. The fraction of sp³-hybridized carbons (Fsp3) is 0.100. The maximum absolute atomic E-state index is 12.5. The number of aryl methyl sites for hydroxylation is 1. The van der Waals surface area contributed by atoms with E-state index in [1.165, 1.54) is 0 Å². The maximum atomic E-state index is 12.5. The van der Waals surface area contributed by atoms with Crippen LogP contribution in [0.2, 0.25) is 5.02 Å². The quantitative estimate of drug-likeness (QED) is 0.191. The lowest BCUT2D eigenvalue weighted by Gasteiger charge is -2.10. The van der Waals surface area contributed by atoms with Gasteiger partial charge in [-0.05, 0) is 93.6 Å². The van der Waals surface area contributed by atoms with Gasteiger partial charge < -0.3 is 10.1 Å². The first-order chi connectivity index (χ1) is 12.8. The number of nitriles is 1. The highest BCUT2D eigenvalue weighted by molar-refractivity contribution is 14.1. The third kappa shape index (κ3) is 5.96. The predicted molar refractivity (Wildman–Crippen MR) is 126 cm³/mol. The molecule has 0 heterocycles. The second-order valence-corrected chi connectivity index (χ2v) is 8.26. The fourth-order valence-electron chi connectivity index (χ4n) is 2.18. The van der Waals surface area contributed by atoms with E-state index in [2.05, 4.69) is 57.1 Å². The van der Waals surface area contributed by atoms with Gasteiger partial charge in [0.2, 0.25) is 0 Å². The Hall–Kier alpha value is -1.57. The Balaban J connectivity index is 2.30. The average molecular weight is 605 g/mol. The first-order valence-electron chi connectivity index (χ1n) is 7.77. The summed E-state index contributed by atoms with van der Waals surface area (Å²) >= 11 is 10.3. The topological polar surface area (TPSA) is 62.1 Å². The molecule has 4 nitrogen and oxygen atoms in total. The maximum Gasteiger partial charge on any atom is 0.266 e. The lowest BCUT2D eigenvalue weighted by Crippen LogP contribution is -2.14. The van der Waals surface area contributed by atoms with Crippen molar-refractivity contribution in [2.45, 2.75) is 6.92 Å². The van der Waals surface area contributed by atoms with Crippen LogP contribution in [0.3, 0.4) is 0 Å². The summed E-state index contributed by atoms with van der Waals surface area (Å²) in [6, 6.07) is 10.9. The molecule has 2 aromatic carbocycles. The van der Waals surface area contributed by atoms with Gasteiger partial charge in [-0.1, -0.05) is 30.3 Å². The summed E-state index contributed by atoms with van der Waals surface area (Å²) in [6.45, 7) is 5.90. The van der Waals surface area contributed by atoms with E-state index in [4.69, 9.17) is 16.3 Å². The Morgan fingerprint density at radius 2 is 2.00 bits per heavy atom. The highest BCUT2D eigenvalue weighted by atomic mass is 127. The zero-order chi connectivity index (χ0) is 20.0. The van der Waals surface area contributed by atoms with Crippen molar-refractivity contribution in [3.05, 3.63) is 71.8 Å². The smallest absolute Gasteiger partial charge is 0.266 e. The van der Waals surface area contributed by atoms with E-state index in [0.717, 1.165) is 24.0 Å². The lowest BCUT2D eigenvalue weighted by molar-refractivity contribution is -0.112. The second-order valence-electron chi connectivity index (χ2n) is 5.50. The van der Waals surface area contributed by atoms with Crippen molar-refractivity contribution in [3.63, 3.8) is 0 Å². The molecule has 0 atom stereocenters. The van der Waals surface area contributed by atoms with Crippen molar-refractivity contribution in [1.82, 2.24) is 0 Å². The third-order valence-corrected chi connectivity index (χ3v) is 5.33. The summed E-state index contributed by atoms with van der Waals surface area (Å²) in [5.74, 6) is 0.269. The van der Waals surface area contributed by atoms with Crippen molar-refractivity contribution in [3.8, 4) is 11.8 Å². The fourth-order valence-corrected chi connectivity index (χ4v) is 4.48. The van der Waals surface area contributed by atoms with Gasteiger partial charge in [0, 0.05) is 10.7 Å². The molecule has 0 fully saturated rings. The molecular weight excluding hydrogens is 589 g/mol. The Morgan fingerprint density at radius 1 is 1.33 bits per heavy atom. The summed E-state index contributed by atoms with van der Waals surface area (Å²) in [6.07, 6.45) is 3.23. The predicted octanol–water partition coefficient (Wildman–Crippen LogP) is 5.97. The minimum absolute atomic E-state index is 0.000681. The zero-order valence-corrected chi connectivity index (χ0v) is 19.4. The molecule has 2 rings (SSSR count). The second kappa shape index (κ2) is 10.1. The summed E-state index contributed by atoms with van der Waals surface area (Å²) in [5.41, 5.74) is 2.17. The number of benzene rings is 2. The number of ether oxygens (including phenoxy) is 1. The van der Waals surface area contributed by atoms with E-state index in [-0.39, 0.29) is 5.57 Å². The van der Waals surface area contributed by atoms with Gasteiger partial charge in [0.25, 0.3) is 5.91 Å². The molecule has 0 aromatic heterocycles. The van der Waals surface area contributed by atoms with Gasteiger partial charge in [-0.15, -0.1) is 0 Å². The molecule has 0 spiro atoms. The summed E-state index contributed by atoms with van der Waals surface area (Å²) in [5, 5.41) is 12.7. The number of amides is 1. The molecule has 0 aliphatic carbocycles. The van der Waals surface area contributed by atoms with Crippen molar-refractivity contribution in [2.75, 3.05) is 11.9 Å². The zero-order valence-electron chi connectivity index (χ0n) is 14.4. The number of hydrogen-bond donors (Lipinski definition) is 1. The Bertz CT molecular complexity index is 942. The number of anilines is 1. The lowest BCUT2D eigenvalue weighted by atomic mass is 10.1. The molecule has 2 aromatic rings. The van der Waals surface area contributed by atoms with Crippen LogP contribution in [-0.2, 0) is 4.79 Å². The van der Waals surface area contributed by atoms with Crippen LogP contribution in [-0.4, -0.2) is 12.5 Å². The molecule has 0 radical (unpaired) electrons. The van der Waals surface area contributed by atoms with Crippen LogP contribution in [0.15, 0.2) is 48.6 Å². The first-order valence-corrected chi connectivity index (χ1v) is 10.3. The number of rotatable bonds is 6. The van der Waals surface area contributed by atoms with Crippen molar-refractivity contribution in [1.29, 1.82) is 5.26 Å². The highest BCUT2D eigenvalue weighted by Crippen LogP contribution is 2.30. The largest absolute Gasteiger partial charge is 0.487 e. The number of carbonyl (C=O) groups is 1. The van der Waals surface area contributed by atoms with Gasteiger partial charge in [-0.2, -0.15) is 5.26 Å². The van der Waals surface area contributed by atoms with Gasteiger partial charge in [-0.3, -0.25) is 4.79 Å². The number of nitrogens with one attached hydrogen (secondary N) is 1. The number of nitrogens with zero attached hydrogens (tertiary/aromatic N) is 1. The van der Waals surface area contributed by atoms with Crippen LogP contribution in [0.5, 0.6) is 5.75 Å². The molecule has 27 heavy (non-hydrogen) atoms. The third-order valence-electron chi connectivity index (χ3n) is 3.49. The van der Waals surface area contributed by atoms with Crippen LogP contribution < -0.4 is 10.1 Å². The Morgan fingerprint density at radius 3 is 2.59 bits per heavy atom. The minimum Gasteiger partial charge on any atom is -0.487 e. The van der Waals surface area contributed by atoms with Crippen molar-refractivity contribution < 1.29 is 9.53 Å². The molecule has 0 saturated heterocycles. The molecular formula is C20H15ClI2N2O2. The Labute approximate surface area is 190 Å². The SMILES string of the molecule is C=CCOc1c(I)cc(/C=C(\C#N)C(=O)Nc2cc(Cl)ccc2C)cc1I. The monoisotopic (exact) mass is 604 g/mol. The van der Waals surface area contributed by atoms with E-state index in [1.54, 1.807) is 30.4 Å². The molecule has 0 bridgehead atoms. The van der Waals surface area contributed by atoms with Gasteiger partial charge in [0.05, 0.1) is 7.14 Å². The van der Waals surface area contributed by atoms with Crippen LogP contribution in [0.1, 0.15) is 11.1 Å². The molecule has 0 unspecified atom stereocenters. The normalized spacial score (nSPS) is 10.9. The van der Waals surface area contributed by atoms with Crippen LogP contribution in [0.25, 0.3) is 6.08 Å². The number of halogens is 3. The molecule has 7 heteroatoms. The van der Waals surface area contributed by atoms with Crippen molar-refractivity contribution >= 4 is 74.5 Å². The molecule has 1 N–H and O–H groups in total. The van der Waals surface area contributed by atoms with E-state index >= 15 is 0 Å². The van der Waals surface area contributed by atoms with Crippen molar-refractivity contribution in [2.24, 2.45) is 0 Å². The summed E-state index contributed by atoms with van der Waals surface area (Å²) < 4.78 is 7.41. The molecule has 138 valence electrons. The van der Waals surface area contributed by atoms with Gasteiger partial charge >= 0.3 is 0 Å². The molecule has 0 aliphatic heterocycles. The standard InChI is InChI=1S/C20H15ClI2N2O2/c1-3-6-27-19-16(22)8-13(9-17(19)23)7-14(11-24)20(26)25-18-10-15(21)5-4-12(18)2/h3-5,7-10H,1,6H2,2H3,(H,25,26)/b14-7+.